The summed E-state index contributed by atoms with van der Waals surface area (Å²) in [5.74, 6) is 2.16. The van der Waals surface area contributed by atoms with Crippen LogP contribution in [0.2, 0.25) is 0 Å². The van der Waals surface area contributed by atoms with Gasteiger partial charge in [0.2, 0.25) is 0 Å². The number of carbonyl (C=O) groups is 1. The molecule has 0 atom stereocenters. The summed E-state index contributed by atoms with van der Waals surface area (Å²) >= 11 is 0. The Kier molecular flexibility index (Phi) is 7.71. The average molecular weight is 411 g/mol. The molecule has 4 heteroatoms. The molecule has 162 valence electrons. The summed E-state index contributed by atoms with van der Waals surface area (Å²) < 4.78 is 17.3. The van der Waals surface area contributed by atoms with Gasteiger partial charge in [0.15, 0.2) is 5.78 Å². The summed E-state index contributed by atoms with van der Waals surface area (Å²) in [5.41, 5.74) is 2.41. The number of allylic oxidation sites excluding steroid dienone is 1. The van der Waals surface area contributed by atoms with Gasteiger partial charge in [-0.3, -0.25) is 4.79 Å². The number of ketones is 1. The van der Waals surface area contributed by atoms with Crippen LogP contribution in [-0.2, 0) is 5.41 Å². The minimum Gasteiger partial charge on any atom is -0.497 e. The van der Waals surface area contributed by atoms with Crippen LogP contribution >= 0.6 is 0 Å². The van der Waals surface area contributed by atoms with Gasteiger partial charge in [-0.05, 0) is 75.6 Å². The van der Waals surface area contributed by atoms with Crippen molar-refractivity contribution in [3.8, 4) is 17.2 Å². The highest BCUT2D eigenvalue weighted by molar-refractivity contribution is 6.07. The zero-order valence-corrected chi connectivity index (χ0v) is 19.4. The Labute approximate surface area is 180 Å². The smallest absolute Gasteiger partial charge is 0.185 e. The predicted octanol–water partition coefficient (Wildman–Crippen LogP) is 6.46. The van der Waals surface area contributed by atoms with Crippen molar-refractivity contribution in [2.24, 2.45) is 0 Å². The molecule has 0 aliphatic heterocycles. The standard InChI is InChI=1S/C26H34O4/c1-17(2)29-24-16-25(30-18(3)4)22(26(5,6)7)15-20(24)11-14-23(27)19-9-12-21(28-8)13-10-19/h9-18H,1-8H3. The van der Waals surface area contributed by atoms with Crippen LogP contribution in [-0.4, -0.2) is 25.1 Å². The van der Waals surface area contributed by atoms with Crippen LogP contribution in [0.15, 0.2) is 42.5 Å². The normalized spacial score (nSPS) is 11.9. The maximum absolute atomic E-state index is 12.7. The molecule has 0 aliphatic carbocycles. The van der Waals surface area contributed by atoms with Gasteiger partial charge in [-0.15, -0.1) is 0 Å². The maximum Gasteiger partial charge on any atom is 0.185 e. The molecule has 0 aromatic heterocycles. The first-order chi connectivity index (χ1) is 14.0. The van der Waals surface area contributed by atoms with Crippen molar-refractivity contribution in [1.82, 2.24) is 0 Å². The molecule has 2 aromatic carbocycles. The summed E-state index contributed by atoms with van der Waals surface area (Å²) in [6.07, 6.45) is 3.45. The molecular formula is C26H34O4. The van der Waals surface area contributed by atoms with Crippen LogP contribution < -0.4 is 14.2 Å². The Morgan fingerprint density at radius 3 is 1.97 bits per heavy atom. The lowest BCUT2D eigenvalue weighted by Gasteiger charge is -2.26. The molecule has 0 heterocycles. The van der Waals surface area contributed by atoms with E-state index >= 15 is 0 Å². The molecule has 2 rings (SSSR count). The van der Waals surface area contributed by atoms with E-state index < -0.39 is 0 Å². The third-order valence-electron chi connectivity index (χ3n) is 4.43. The molecule has 0 N–H and O–H groups in total. The number of rotatable bonds is 8. The minimum atomic E-state index is -0.122. The first kappa shape index (κ1) is 23.5. The lowest BCUT2D eigenvalue weighted by molar-refractivity contribution is 0.104. The molecule has 4 nitrogen and oxygen atoms in total. The summed E-state index contributed by atoms with van der Waals surface area (Å²) in [6.45, 7) is 14.4. The second kappa shape index (κ2) is 9.84. The van der Waals surface area contributed by atoms with Gasteiger partial charge in [0, 0.05) is 22.8 Å². The number of carbonyl (C=O) groups excluding carboxylic acids is 1. The van der Waals surface area contributed by atoms with E-state index in [-0.39, 0.29) is 23.4 Å². The number of hydrogen-bond donors (Lipinski definition) is 0. The minimum absolute atomic E-state index is 0.00169. The largest absolute Gasteiger partial charge is 0.497 e. The SMILES string of the molecule is COc1ccc(C(=O)C=Cc2cc(C(C)(C)C)c(OC(C)C)cc2OC(C)C)cc1. The van der Waals surface area contributed by atoms with Gasteiger partial charge < -0.3 is 14.2 Å². The van der Waals surface area contributed by atoms with Gasteiger partial charge in [0.1, 0.15) is 17.2 Å². The fourth-order valence-corrected chi connectivity index (χ4v) is 3.02. The third-order valence-corrected chi connectivity index (χ3v) is 4.43. The van der Waals surface area contributed by atoms with E-state index in [4.69, 9.17) is 14.2 Å². The van der Waals surface area contributed by atoms with E-state index in [0.29, 0.717) is 11.3 Å². The Balaban J connectivity index is 2.46. The summed E-state index contributed by atoms with van der Waals surface area (Å²) in [5, 5.41) is 0. The van der Waals surface area contributed by atoms with Crippen LogP contribution in [0, 0.1) is 0 Å². The average Bonchev–Trinajstić information content (AvgIpc) is 2.65. The Morgan fingerprint density at radius 1 is 0.900 bits per heavy atom. The van der Waals surface area contributed by atoms with Crippen LogP contribution in [0.25, 0.3) is 6.08 Å². The van der Waals surface area contributed by atoms with Gasteiger partial charge >= 0.3 is 0 Å². The molecule has 0 radical (unpaired) electrons. The number of hydrogen-bond acceptors (Lipinski definition) is 4. The summed E-state index contributed by atoms with van der Waals surface area (Å²) in [6, 6.07) is 11.1. The Morgan fingerprint density at radius 2 is 1.47 bits per heavy atom. The number of methoxy groups -OCH3 is 1. The molecule has 0 unspecified atom stereocenters. The van der Waals surface area contributed by atoms with Crippen molar-refractivity contribution in [2.45, 2.75) is 66.1 Å². The van der Waals surface area contributed by atoms with Crippen LogP contribution in [0.3, 0.4) is 0 Å². The maximum atomic E-state index is 12.7. The quantitative estimate of drug-likeness (QED) is 0.370. The fraction of sp³-hybridized carbons (Fsp3) is 0.423. The Hall–Kier alpha value is -2.75. The van der Waals surface area contributed by atoms with E-state index in [1.54, 1.807) is 37.5 Å². The fourth-order valence-electron chi connectivity index (χ4n) is 3.02. The first-order valence-corrected chi connectivity index (χ1v) is 10.4. The van der Waals surface area contributed by atoms with Crippen molar-refractivity contribution < 1.29 is 19.0 Å². The van der Waals surface area contributed by atoms with E-state index in [0.717, 1.165) is 22.6 Å². The molecule has 0 spiro atoms. The highest BCUT2D eigenvalue weighted by atomic mass is 16.5. The lowest BCUT2D eigenvalue weighted by atomic mass is 9.85. The van der Waals surface area contributed by atoms with Crippen molar-refractivity contribution >= 4 is 11.9 Å². The second-order valence-corrected chi connectivity index (χ2v) is 8.90. The summed E-state index contributed by atoms with van der Waals surface area (Å²) in [4.78, 5) is 12.7. The molecule has 30 heavy (non-hydrogen) atoms. The van der Waals surface area contributed by atoms with Gasteiger partial charge in [-0.25, -0.2) is 0 Å². The van der Waals surface area contributed by atoms with E-state index in [2.05, 4.69) is 26.8 Å². The van der Waals surface area contributed by atoms with Crippen molar-refractivity contribution in [2.75, 3.05) is 7.11 Å². The van der Waals surface area contributed by atoms with Crippen LogP contribution in [0.4, 0.5) is 0 Å². The number of ether oxygens (including phenoxy) is 3. The van der Waals surface area contributed by atoms with Gasteiger partial charge in [-0.2, -0.15) is 0 Å². The lowest BCUT2D eigenvalue weighted by Crippen LogP contribution is -2.17. The van der Waals surface area contributed by atoms with E-state index in [1.165, 1.54) is 0 Å². The van der Waals surface area contributed by atoms with E-state index in [9.17, 15) is 4.79 Å². The highest BCUT2D eigenvalue weighted by Crippen LogP contribution is 2.38. The molecule has 0 amide bonds. The molecule has 0 saturated heterocycles. The molecular weight excluding hydrogens is 376 g/mol. The zero-order chi connectivity index (χ0) is 22.5. The van der Waals surface area contributed by atoms with Crippen molar-refractivity contribution in [3.63, 3.8) is 0 Å². The van der Waals surface area contributed by atoms with E-state index in [1.807, 2.05) is 39.8 Å². The predicted molar refractivity (Wildman–Crippen MR) is 123 cm³/mol. The molecule has 0 fully saturated rings. The van der Waals surface area contributed by atoms with Gasteiger partial charge in [0.05, 0.1) is 19.3 Å². The highest BCUT2D eigenvalue weighted by Gasteiger charge is 2.22. The number of benzene rings is 2. The van der Waals surface area contributed by atoms with Crippen LogP contribution in [0.5, 0.6) is 17.2 Å². The van der Waals surface area contributed by atoms with Crippen molar-refractivity contribution in [3.05, 3.63) is 59.2 Å². The first-order valence-electron chi connectivity index (χ1n) is 10.4. The van der Waals surface area contributed by atoms with Gasteiger partial charge in [-0.1, -0.05) is 20.8 Å². The zero-order valence-electron chi connectivity index (χ0n) is 19.4. The topological polar surface area (TPSA) is 44.8 Å². The second-order valence-electron chi connectivity index (χ2n) is 8.90. The van der Waals surface area contributed by atoms with Crippen molar-refractivity contribution in [1.29, 1.82) is 0 Å². The van der Waals surface area contributed by atoms with Gasteiger partial charge in [0.25, 0.3) is 0 Å². The Bertz CT molecular complexity index is 884. The molecule has 0 saturated carbocycles. The molecule has 2 aromatic rings. The van der Waals surface area contributed by atoms with Crippen LogP contribution in [0.1, 0.15) is 70.0 Å². The molecule has 0 aliphatic rings. The third kappa shape index (κ3) is 6.38. The summed E-state index contributed by atoms with van der Waals surface area (Å²) in [7, 11) is 1.60. The monoisotopic (exact) mass is 410 g/mol. The molecule has 0 bridgehead atoms.